The van der Waals surface area contributed by atoms with Crippen molar-refractivity contribution in [3.63, 3.8) is 0 Å². The van der Waals surface area contributed by atoms with Crippen LogP contribution in [0.3, 0.4) is 0 Å². The van der Waals surface area contributed by atoms with Crippen LogP contribution in [0, 0.1) is 0 Å². The molecule has 0 unspecified atom stereocenters. The van der Waals surface area contributed by atoms with Crippen molar-refractivity contribution in [2.45, 2.75) is 6.42 Å². The van der Waals surface area contributed by atoms with Gasteiger partial charge in [0.1, 0.15) is 12.1 Å². The summed E-state index contributed by atoms with van der Waals surface area (Å²) in [6.45, 7) is 0. The summed E-state index contributed by atoms with van der Waals surface area (Å²) in [5.41, 5.74) is 0.428. The Bertz CT molecular complexity index is 577. The summed E-state index contributed by atoms with van der Waals surface area (Å²) in [6, 6.07) is 3.42. The van der Waals surface area contributed by atoms with Gasteiger partial charge in [-0.25, -0.2) is 9.78 Å². The molecule has 0 amide bonds. The summed E-state index contributed by atoms with van der Waals surface area (Å²) < 4.78 is 2.36. The first-order valence-corrected chi connectivity index (χ1v) is 5.26. The molecule has 2 heterocycles. The molecule has 2 aromatic rings. The third-order valence-electron chi connectivity index (χ3n) is 2.15. The molecule has 16 heavy (non-hydrogen) atoms. The average Bonchev–Trinajstić information content (AvgIpc) is 2.57. The number of aromatic nitrogens is 2. The Balaban J connectivity index is 2.75. The van der Waals surface area contributed by atoms with Gasteiger partial charge in [0.05, 0.1) is 11.9 Å². The van der Waals surface area contributed by atoms with E-state index in [1.54, 1.807) is 22.7 Å². The number of halogens is 1. The van der Waals surface area contributed by atoms with E-state index in [1.165, 1.54) is 0 Å². The Morgan fingerprint density at radius 1 is 1.62 bits per heavy atom. The van der Waals surface area contributed by atoms with Crippen molar-refractivity contribution < 1.29 is 14.7 Å². The van der Waals surface area contributed by atoms with E-state index < -0.39 is 5.97 Å². The summed E-state index contributed by atoms with van der Waals surface area (Å²) in [7, 11) is 0. The van der Waals surface area contributed by atoms with Crippen LogP contribution in [0.5, 0.6) is 0 Å². The standard InChI is InChI=1S/C10H7BrN2O3/c11-6-1-3-13-7(5-6)9(10(15)16)12-8(13)2-4-14/h1,3-5H,2H2,(H,15,16). The molecule has 0 saturated heterocycles. The van der Waals surface area contributed by atoms with Gasteiger partial charge in [-0.05, 0) is 12.1 Å². The van der Waals surface area contributed by atoms with E-state index in [9.17, 15) is 9.59 Å². The van der Waals surface area contributed by atoms with E-state index in [1.807, 2.05) is 0 Å². The second-order valence-corrected chi connectivity index (χ2v) is 4.07. The molecule has 0 saturated carbocycles. The average molecular weight is 283 g/mol. The van der Waals surface area contributed by atoms with Gasteiger partial charge >= 0.3 is 5.97 Å². The molecule has 0 radical (unpaired) electrons. The highest BCUT2D eigenvalue weighted by atomic mass is 79.9. The van der Waals surface area contributed by atoms with Gasteiger partial charge in [-0.15, -0.1) is 0 Å². The molecule has 0 aliphatic carbocycles. The van der Waals surface area contributed by atoms with Crippen LogP contribution in [0.25, 0.3) is 5.52 Å². The van der Waals surface area contributed by atoms with Gasteiger partial charge in [-0.2, -0.15) is 0 Å². The van der Waals surface area contributed by atoms with Crippen molar-refractivity contribution >= 4 is 33.7 Å². The zero-order valence-corrected chi connectivity index (χ0v) is 9.64. The number of hydrogen-bond donors (Lipinski definition) is 1. The Kier molecular flexibility index (Phi) is 2.74. The third kappa shape index (κ3) is 1.71. The zero-order chi connectivity index (χ0) is 11.7. The van der Waals surface area contributed by atoms with E-state index in [2.05, 4.69) is 20.9 Å². The molecule has 1 N–H and O–H groups in total. The fourth-order valence-electron chi connectivity index (χ4n) is 1.50. The van der Waals surface area contributed by atoms with Crippen LogP contribution in [0.2, 0.25) is 0 Å². The number of rotatable bonds is 3. The second-order valence-electron chi connectivity index (χ2n) is 3.15. The van der Waals surface area contributed by atoms with Gasteiger partial charge in [0.25, 0.3) is 0 Å². The summed E-state index contributed by atoms with van der Waals surface area (Å²) in [5.74, 6) is -0.678. The number of carbonyl (C=O) groups is 2. The molecule has 0 fully saturated rings. The molecule has 0 spiro atoms. The minimum absolute atomic E-state index is 0.0434. The van der Waals surface area contributed by atoms with E-state index in [0.717, 1.165) is 4.47 Å². The first-order valence-electron chi connectivity index (χ1n) is 4.47. The number of imidazole rings is 1. The number of carboxylic acid groups (broad SMARTS) is 1. The van der Waals surface area contributed by atoms with Crippen LogP contribution >= 0.6 is 15.9 Å². The number of hydrogen-bond acceptors (Lipinski definition) is 3. The molecule has 0 atom stereocenters. The fraction of sp³-hybridized carbons (Fsp3) is 0.100. The normalized spacial score (nSPS) is 10.6. The van der Waals surface area contributed by atoms with Gasteiger partial charge in [0.2, 0.25) is 0 Å². The van der Waals surface area contributed by atoms with Crippen LogP contribution < -0.4 is 0 Å². The lowest BCUT2D eigenvalue weighted by Crippen LogP contribution is -1.97. The van der Waals surface area contributed by atoms with Crippen molar-refractivity contribution in [3.8, 4) is 0 Å². The smallest absolute Gasteiger partial charge is 0.356 e. The SMILES string of the molecule is O=CCc1nc(C(=O)O)c2cc(Br)ccn12. The van der Waals surface area contributed by atoms with Crippen LogP contribution in [0.4, 0.5) is 0 Å². The molecular weight excluding hydrogens is 276 g/mol. The third-order valence-corrected chi connectivity index (χ3v) is 2.64. The number of pyridine rings is 1. The van der Waals surface area contributed by atoms with Crippen LogP contribution in [-0.2, 0) is 11.2 Å². The largest absolute Gasteiger partial charge is 0.476 e. The molecule has 0 aromatic carbocycles. The van der Waals surface area contributed by atoms with Crippen LogP contribution in [-0.4, -0.2) is 26.7 Å². The van der Waals surface area contributed by atoms with Crippen molar-refractivity contribution in [1.82, 2.24) is 9.38 Å². The van der Waals surface area contributed by atoms with Crippen molar-refractivity contribution in [3.05, 3.63) is 34.3 Å². The molecular formula is C10H7BrN2O3. The molecule has 0 bridgehead atoms. The molecule has 6 heteroatoms. The molecule has 82 valence electrons. The van der Waals surface area contributed by atoms with Crippen molar-refractivity contribution in [1.29, 1.82) is 0 Å². The van der Waals surface area contributed by atoms with E-state index in [0.29, 0.717) is 17.6 Å². The van der Waals surface area contributed by atoms with Gasteiger partial charge in [0, 0.05) is 10.7 Å². The monoisotopic (exact) mass is 282 g/mol. The minimum atomic E-state index is -1.10. The number of carboxylic acids is 1. The maximum atomic E-state index is 11.0. The second kappa shape index (κ2) is 4.05. The Morgan fingerprint density at radius 2 is 2.38 bits per heavy atom. The van der Waals surface area contributed by atoms with Crippen LogP contribution in [0.1, 0.15) is 16.3 Å². The highest BCUT2D eigenvalue weighted by Gasteiger charge is 2.16. The van der Waals surface area contributed by atoms with E-state index >= 15 is 0 Å². The van der Waals surface area contributed by atoms with Gasteiger partial charge in [0.15, 0.2) is 5.69 Å². The Labute approximate surface area is 98.8 Å². The topological polar surface area (TPSA) is 71.7 Å². The Morgan fingerprint density at radius 3 is 3.00 bits per heavy atom. The van der Waals surface area contributed by atoms with Gasteiger partial charge < -0.3 is 14.3 Å². The van der Waals surface area contributed by atoms with Crippen molar-refractivity contribution in [2.24, 2.45) is 0 Å². The Hall–Kier alpha value is -1.69. The molecule has 2 rings (SSSR count). The maximum absolute atomic E-state index is 11.0. The lowest BCUT2D eigenvalue weighted by molar-refractivity contribution is -0.107. The number of nitrogens with zero attached hydrogens (tertiary/aromatic N) is 2. The molecule has 2 aromatic heterocycles. The molecule has 5 nitrogen and oxygen atoms in total. The number of fused-ring (bicyclic) bond motifs is 1. The predicted octanol–water partition coefficient (Wildman–Crippen LogP) is 1.54. The number of carbonyl (C=O) groups excluding carboxylic acids is 1. The highest BCUT2D eigenvalue weighted by Crippen LogP contribution is 2.18. The van der Waals surface area contributed by atoms with Crippen molar-refractivity contribution in [2.75, 3.05) is 0 Å². The number of aldehydes is 1. The quantitative estimate of drug-likeness (QED) is 0.867. The minimum Gasteiger partial charge on any atom is -0.476 e. The first-order chi connectivity index (χ1) is 7.63. The lowest BCUT2D eigenvalue weighted by atomic mass is 10.3. The van der Waals surface area contributed by atoms with E-state index in [4.69, 9.17) is 5.11 Å². The summed E-state index contributed by atoms with van der Waals surface area (Å²) in [4.78, 5) is 25.3. The summed E-state index contributed by atoms with van der Waals surface area (Å²) >= 11 is 3.26. The summed E-state index contributed by atoms with van der Waals surface area (Å²) in [5, 5.41) is 8.98. The highest BCUT2D eigenvalue weighted by molar-refractivity contribution is 9.10. The molecule has 0 aliphatic rings. The predicted molar refractivity (Wildman–Crippen MR) is 59.6 cm³/mol. The van der Waals surface area contributed by atoms with Gasteiger partial charge in [-0.1, -0.05) is 15.9 Å². The fourth-order valence-corrected chi connectivity index (χ4v) is 1.83. The van der Waals surface area contributed by atoms with Crippen LogP contribution in [0.15, 0.2) is 22.8 Å². The number of aromatic carboxylic acids is 1. The van der Waals surface area contributed by atoms with E-state index in [-0.39, 0.29) is 12.1 Å². The maximum Gasteiger partial charge on any atom is 0.356 e. The molecule has 0 aliphatic heterocycles. The lowest BCUT2D eigenvalue weighted by Gasteiger charge is -1.97. The van der Waals surface area contributed by atoms with Gasteiger partial charge in [-0.3, -0.25) is 0 Å². The first kappa shape index (κ1) is 10.8. The summed E-state index contributed by atoms with van der Waals surface area (Å²) in [6.07, 6.45) is 2.47. The zero-order valence-electron chi connectivity index (χ0n) is 8.05.